The first kappa shape index (κ1) is 11.9. The standard InChI is InChI=1S/C14H18N2O/c1-4-10-5-6-13-12(7-10)14(15-2)8-11(16-13)9-17-3/h5-8H,4,9H2,1-3H3,(H,15,16). The molecule has 0 saturated heterocycles. The number of rotatable bonds is 4. The van der Waals surface area contributed by atoms with E-state index < -0.39 is 0 Å². The highest BCUT2D eigenvalue weighted by Gasteiger charge is 2.05. The molecule has 17 heavy (non-hydrogen) atoms. The van der Waals surface area contributed by atoms with Crippen molar-refractivity contribution in [3.8, 4) is 0 Å². The van der Waals surface area contributed by atoms with Crippen molar-refractivity contribution in [2.75, 3.05) is 19.5 Å². The number of nitrogens with one attached hydrogen (secondary N) is 1. The summed E-state index contributed by atoms with van der Waals surface area (Å²) in [6.07, 6.45) is 1.04. The second kappa shape index (κ2) is 5.15. The number of aromatic nitrogens is 1. The molecule has 3 nitrogen and oxygen atoms in total. The first-order valence-corrected chi connectivity index (χ1v) is 5.87. The molecule has 0 bridgehead atoms. The van der Waals surface area contributed by atoms with E-state index in [2.05, 4.69) is 35.4 Å². The Kier molecular flexibility index (Phi) is 3.59. The van der Waals surface area contributed by atoms with Gasteiger partial charge in [-0.25, -0.2) is 0 Å². The van der Waals surface area contributed by atoms with Gasteiger partial charge >= 0.3 is 0 Å². The summed E-state index contributed by atoms with van der Waals surface area (Å²) in [6.45, 7) is 2.70. The molecule has 2 aromatic rings. The van der Waals surface area contributed by atoms with Crippen molar-refractivity contribution < 1.29 is 4.74 Å². The number of aryl methyl sites for hydroxylation is 1. The van der Waals surface area contributed by atoms with Gasteiger partial charge in [0.1, 0.15) is 0 Å². The van der Waals surface area contributed by atoms with Gasteiger partial charge in [-0.15, -0.1) is 0 Å². The Bertz CT molecular complexity index is 523. The Hall–Kier alpha value is -1.61. The van der Waals surface area contributed by atoms with E-state index in [1.165, 1.54) is 10.9 Å². The molecule has 1 aromatic heterocycles. The van der Waals surface area contributed by atoms with Gasteiger partial charge in [0.25, 0.3) is 0 Å². The van der Waals surface area contributed by atoms with Crippen molar-refractivity contribution in [1.29, 1.82) is 0 Å². The number of anilines is 1. The first-order chi connectivity index (χ1) is 8.28. The number of ether oxygens (including phenoxy) is 1. The van der Waals surface area contributed by atoms with Crippen LogP contribution in [0.2, 0.25) is 0 Å². The first-order valence-electron chi connectivity index (χ1n) is 5.87. The van der Waals surface area contributed by atoms with Gasteiger partial charge in [0, 0.05) is 25.2 Å². The van der Waals surface area contributed by atoms with E-state index in [1.54, 1.807) is 7.11 Å². The Morgan fingerprint density at radius 3 is 2.76 bits per heavy atom. The summed E-state index contributed by atoms with van der Waals surface area (Å²) in [5.74, 6) is 0. The molecule has 0 amide bonds. The van der Waals surface area contributed by atoms with E-state index in [9.17, 15) is 0 Å². The van der Waals surface area contributed by atoms with Crippen LogP contribution in [0, 0.1) is 0 Å². The van der Waals surface area contributed by atoms with Crippen molar-refractivity contribution >= 4 is 16.6 Å². The lowest BCUT2D eigenvalue weighted by Gasteiger charge is -2.10. The van der Waals surface area contributed by atoms with Gasteiger partial charge in [-0.3, -0.25) is 4.98 Å². The number of hydrogen-bond donors (Lipinski definition) is 1. The minimum atomic E-state index is 0.542. The van der Waals surface area contributed by atoms with Gasteiger partial charge in [0.2, 0.25) is 0 Å². The molecule has 0 fully saturated rings. The van der Waals surface area contributed by atoms with Crippen LogP contribution in [0.4, 0.5) is 5.69 Å². The third-order valence-electron chi connectivity index (χ3n) is 2.90. The summed E-state index contributed by atoms with van der Waals surface area (Å²) in [7, 11) is 3.62. The Balaban J connectivity index is 2.60. The molecule has 0 unspecified atom stereocenters. The zero-order chi connectivity index (χ0) is 12.3. The monoisotopic (exact) mass is 230 g/mol. The van der Waals surface area contributed by atoms with Crippen molar-refractivity contribution in [1.82, 2.24) is 4.98 Å². The molecule has 90 valence electrons. The molecular weight excluding hydrogens is 212 g/mol. The summed E-state index contributed by atoms with van der Waals surface area (Å²) in [5, 5.41) is 4.40. The maximum absolute atomic E-state index is 5.13. The average Bonchev–Trinajstić information content (AvgIpc) is 2.37. The molecule has 0 radical (unpaired) electrons. The fraction of sp³-hybridized carbons (Fsp3) is 0.357. The second-order valence-corrected chi connectivity index (χ2v) is 4.05. The molecule has 0 saturated carbocycles. The van der Waals surface area contributed by atoms with E-state index in [-0.39, 0.29) is 0 Å². The van der Waals surface area contributed by atoms with Crippen LogP contribution in [0.15, 0.2) is 24.3 Å². The Labute approximate surface area is 102 Å². The number of methoxy groups -OCH3 is 1. The molecule has 0 aliphatic rings. The molecule has 0 aliphatic carbocycles. The zero-order valence-corrected chi connectivity index (χ0v) is 10.6. The van der Waals surface area contributed by atoms with E-state index in [1.807, 2.05) is 13.1 Å². The SMILES string of the molecule is CCc1ccc2nc(COC)cc(NC)c2c1. The van der Waals surface area contributed by atoms with E-state index >= 15 is 0 Å². The third kappa shape index (κ3) is 2.39. The van der Waals surface area contributed by atoms with Crippen LogP contribution in [0.25, 0.3) is 10.9 Å². The number of hydrogen-bond acceptors (Lipinski definition) is 3. The summed E-state index contributed by atoms with van der Waals surface area (Å²) >= 11 is 0. The fourth-order valence-electron chi connectivity index (χ4n) is 1.98. The molecular formula is C14H18N2O. The lowest BCUT2D eigenvalue weighted by Crippen LogP contribution is -1.98. The van der Waals surface area contributed by atoms with Crippen LogP contribution in [0.5, 0.6) is 0 Å². The average molecular weight is 230 g/mol. The zero-order valence-electron chi connectivity index (χ0n) is 10.6. The third-order valence-corrected chi connectivity index (χ3v) is 2.90. The van der Waals surface area contributed by atoms with Crippen LogP contribution in [-0.2, 0) is 17.8 Å². The number of pyridine rings is 1. The highest BCUT2D eigenvalue weighted by atomic mass is 16.5. The van der Waals surface area contributed by atoms with Gasteiger partial charge in [0.05, 0.1) is 17.8 Å². The normalized spacial score (nSPS) is 10.8. The minimum Gasteiger partial charge on any atom is -0.388 e. The van der Waals surface area contributed by atoms with Crippen LogP contribution in [0.3, 0.4) is 0 Å². The summed E-state index contributed by atoms with van der Waals surface area (Å²) in [6, 6.07) is 8.45. The highest BCUT2D eigenvalue weighted by Crippen LogP contribution is 2.24. The molecule has 2 rings (SSSR count). The molecule has 0 aliphatic heterocycles. The van der Waals surface area contributed by atoms with Crippen molar-refractivity contribution in [2.24, 2.45) is 0 Å². The van der Waals surface area contributed by atoms with Gasteiger partial charge in [0.15, 0.2) is 0 Å². The predicted octanol–water partition coefficient (Wildman–Crippen LogP) is 2.99. The number of nitrogens with zero attached hydrogens (tertiary/aromatic N) is 1. The lowest BCUT2D eigenvalue weighted by molar-refractivity contribution is 0.182. The Morgan fingerprint density at radius 1 is 1.29 bits per heavy atom. The van der Waals surface area contributed by atoms with E-state index in [0.717, 1.165) is 23.3 Å². The van der Waals surface area contributed by atoms with Crippen LogP contribution >= 0.6 is 0 Å². The van der Waals surface area contributed by atoms with Crippen molar-refractivity contribution in [3.63, 3.8) is 0 Å². The summed E-state index contributed by atoms with van der Waals surface area (Å²) in [4.78, 5) is 4.58. The Morgan fingerprint density at radius 2 is 2.12 bits per heavy atom. The van der Waals surface area contributed by atoms with Crippen LogP contribution in [0.1, 0.15) is 18.2 Å². The van der Waals surface area contributed by atoms with Gasteiger partial charge in [-0.2, -0.15) is 0 Å². The quantitative estimate of drug-likeness (QED) is 0.876. The molecule has 3 heteroatoms. The van der Waals surface area contributed by atoms with Gasteiger partial charge in [-0.05, 0) is 30.2 Å². The van der Waals surface area contributed by atoms with Crippen LogP contribution < -0.4 is 5.32 Å². The number of benzene rings is 1. The topological polar surface area (TPSA) is 34.1 Å². The molecule has 0 atom stereocenters. The van der Waals surface area contributed by atoms with Crippen LogP contribution in [-0.4, -0.2) is 19.1 Å². The molecule has 1 heterocycles. The number of fused-ring (bicyclic) bond motifs is 1. The van der Waals surface area contributed by atoms with E-state index in [0.29, 0.717) is 6.61 Å². The van der Waals surface area contributed by atoms with Crippen molar-refractivity contribution in [2.45, 2.75) is 20.0 Å². The van der Waals surface area contributed by atoms with Gasteiger partial charge < -0.3 is 10.1 Å². The molecule has 1 aromatic carbocycles. The lowest BCUT2D eigenvalue weighted by atomic mass is 10.1. The summed E-state index contributed by atoms with van der Waals surface area (Å²) < 4.78 is 5.13. The van der Waals surface area contributed by atoms with Crippen molar-refractivity contribution in [3.05, 3.63) is 35.5 Å². The highest BCUT2D eigenvalue weighted by molar-refractivity contribution is 5.91. The maximum atomic E-state index is 5.13. The largest absolute Gasteiger partial charge is 0.388 e. The van der Waals surface area contributed by atoms with E-state index in [4.69, 9.17) is 4.74 Å². The molecule has 0 spiro atoms. The smallest absolute Gasteiger partial charge is 0.0885 e. The minimum absolute atomic E-state index is 0.542. The maximum Gasteiger partial charge on any atom is 0.0885 e. The predicted molar refractivity (Wildman–Crippen MR) is 71.4 cm³/mol. The second-order valence-electron chi connectivity index (χ2n) is 4.05. The molecule has 1 N–H and O–H groups in total. The fourth-order valence-corrected chi connectivity index (χ4v) is 1.98. The van der Waals surface area contributed by atoms with Gasteiger partial charge in [-0.1, -0.05) is 13.0 Å². The summed E-state index contributed by atoms with van der Waals surface area (Å²) in [5.41, 5.74) is 4.40.